The van der Waals surface area contributed by atoms with Gasteiger partial charge in [-0.3, -0.25) is 0 Å². The Hall–Kier alpha value is 2.66. The Balaban J connectivity index is 0. The summed E-state index contributed by atoms with van der Waals surface area (Å²) in [5.41, 5.74) is 0. The van der Waals surface area contributed by atoms with E-state index in [-0.39, 0.29) is 82.2 Å². The third-order valence-corrected chi connectivity index (χ3v) is 0. The Morgan fingerprint density at radius 1 is 1.00 bits per heavy atom. The van der Waals surface area contributed by atoms with Gasteiger partial charge in [-0.05, 0) is 0 Å². The predicted octanol–water partition coefficient (Wildman–Crippen LogP) is -0.0100. The first-order valence-corrected chi connectivity index (χ1v) is 0. The molecule has 0 aromatic carbocycles. The Bertz CT molecular complexity index is 8.00. The van der Waals surface area contributed by atoms with Gasteiger partial charge in [0.2, 0.25) is 0 Å². The van der Waals surface area contributed by atoms with Crippen molar-refractivity contribution in [2.24, 2.45) is 0 Å². The monoisotopic (exact) mass is 302 g/mol. The molecule has 0 saturated carbocycles. The first-order valence-electron chi connectivity index (χ1n) is 0. The summed E-state index contributed by atoms with van der Waals surface area (Å²) in [6.07, 6.45) is 0. The van der Waals surface area contributed by atoms with Gasteiger partial charge in [-0.25, -0.2) is 0 Å². The molecule has 0 aliphatic carbocycles. The zero-order valence-corrected chi connectivity index (χ0v) is 8.37. The van der Waals surface area contributed by atoms with Crippen LogP contribution in [0.4, 0.5) is 0 Å². The van der Waals surface area contributed by atoms with E-state index in [9.17, 15) is 0 Å². The Morgan fingerprint density at radius 2 is 1.00 bits per heavy atom. The Labute approximate surface area is 81.0 Å². The molecule has 0 nitrogen and oxygen atoms in total. The molecule has 0 N–H and O–H groups in total. The van der Waals surface area contributed by atoms with Gasteiger partial charge in [-0.2, -0.15) is 0 Å². The maximum Gasteiger partial charge on any atom is 0 e. The van der Waals surface area contributed by atoms with Crippen molar-refractivity contribution in [3.8, 4) is 0 Å². The van der Waals surface area contributed by atoms with Gasteiger partial charge in [0.05, 0.1) is 0 Å². The molecule has 0 aromatic heterocycles. The van der Waals surface area contributed by atoms with Crippen LogP contribution in [-0.4, -0.2) is 0 Å². The van der Waals surface area contributed by atoms with Gasteiger partial charge in [0, 0.05) is 82.2 Å². The standard InChI is InChI=1S/Cu.Mo.Nb.Ti. The van der Waals surface area contributed by atoms with Crippen molar-refractivity contribution in [3.63, 3.8) is 0 Å². The van der Waals surface area contributed by atoms with Gasteiger partial charge in [0.15, 0.2) is 0 Å². The van der Waals surface area contributed by atoms with Crippen LogP contribution in [0.5, 0.6) is 0 Å². The first kappa shape index (κ1) is 30.1. The van der Waals surface area contributed by atoms with Crippen LogP contribution in [0.1, 0.15) is 0 Å². The fourth-order valence-electron chi connectivity index (χ4n) is 0. The first-order chi connectivity index (χ1) is 0. The van der Waals surface area contributed by atoms with Gasteiger partial charge >= 0.3 is 0 Å². The minimum Gasteiger partial charge on any atom is 0 e. The zero-order chi connectivity index (χ0) is 0. The SMILES string of the molecule is [Cu].[Mo].[Nb].[Ti]. The second-order valence-electron chi connectivity index (χ2n) is 0. The minimum atomic E-state index is 0. The fraction of sp³-hybridized carbons (Fsp3) is 0. The molecule has 0 aromatic rings. The third-order valence-electron chi connectivity index (χ3n) is 0. The molecule has 0 atom stereocenters. The van der Waals surface area contributed by atoms with E-state index in [0.29, 0.717) is 0 Å². The van der Waals surface area contributed by atoms with E-state index in [0.717, 1.165) is 0 Å². The average molecular weight is 300 g/mol. The van der Waals surface area contributed by atoms with Crippen molar-refractivity contribution in [1.29, 1.82) is 0 Å². The zero-order valence-electron chi connectivity index (χ0n) is 1.66. The molecule has 0 rings (SSSR count). The Kier molecular flexibility index (Phi) is 131. The summed E-state index contributed by atoms with van der Waals surface area (Å²) in [5, 5.41) is 0. The molecular weight excluding hydrogens is 300 g/mol. The molecule has 26 valence electrons. The number of hydrogen-bond acceptors (Lipinski definition) is 0. The van der Waals surface area contributed by atoms with E-state index in [1.54, 1.807) is 0 Å². The van der Waals surface area contributed by atoms with E-state index >= 15 is 0 Å². The maximum atomic E-state index is 0. The summed E-state index contributed by atoms with van der Waals surface area (Å²) in [6.45, 7) is 0. The summed E-state index contributed by atoms with van der Waals surface area (Å²) < 4.78 is 0. The molecule has 0 aliphatic rings. The second kappa shape index (κ2) is 17.4. The molecular formula is CuMoNbTi. The topological polar surface area (TPSA) is 0 Å². The molecule has 0 spiro atoms. The molecule has 2 radical (unpaired) electrons. The van der Waals surface area contributed by atoms with Crippen LogP contribution in [0.15, 0.2) is 0 Å². The molecule has 0 unspecified atom stereocenters. The summed E-state index contributed by atoms with van der Waals surface area (Å²) in [6, 6.07) is 0. The number of rotatable bonds is 0. The van der Waals surface area contributed by atoms with Gasteiger partial charge in [-0.15, -0.1) is 0 Å². The quantitative estimate of drug-likeness (QED) is 0.552. The minimum absolute atomic E-state index is 0. The molecule has 0 heterocycles. The fourth-order valence-corrected chi connectivity index (χ4v) is 0. The van der Waals surface area contributed by atoms with Crippen molar-refractivity contribution in [3.05, 3.63) is 0 Å². The van der Waals surface area contributed by atoms with Crippen LogP contribution < -0.4 is 0 Å². The summed E-state index contributed by atoms with van der Waals surface area (Å²) in [5.74, 6) is 0. The van der Waals surface area contributed by atoms with Crippen LogP contribution in [-0.2, 0) is 82.2 Å². The molecule has 0 amide bonds. The molecule has 0 saturated heterocycles. The summed E-state index contributed by atoms with van der Waals surface area (Å²) in [4.78, 5) is 0. The van der Waals surface area contributed by atoms with Crippen molar-refractivity contribution in [2.45, 2.75) is 0 Å². The molecule has 0 aliphatic heterocycles. The smallest absolute Gasteiger partial charge is 0 e. The normalized spacial score (nSPS) is 0. The van der Waals surface area contributed by atoms with Gasteiger partial charge in [0.1, 0.15) is 0 Å². The molecule has 0 fully saturated rings. The van der Waals surface area contributed by atoms with Crippen LogP contribution in [0.25, 0.3) is 0 Å². The number of hydrogen-bond donors (Lipinski definition) is 0. The van der Waals surface area contributed by atoms with Crippen LogP contribution in [0.3, 0.4) is 0 Å². The van der Waals surface area contributed by atoms with Crippen molar-refractivity contribution < 1.29 is 82.2 Å². The van der Waals surface area contributed by atoms with Gasteiger partial charge < -0.3 is 0 Å². The van der Waals surface area contributed by atoms with Crippen LogP contribution in [0.2, 0.25) is 0 Å². The maximum absolute atomic E-state index is 0. The van der Waals surface area contributed by atoms with E-state index in [4.69, 9.17) is 0 Å². The van der Waals surface area contributed by atoms with Crippen LogP contribution >= 0.6 is 0 Å². The summed E-state index contributed by atoms with van der Waals surface area (Å²) in [7, 11) is 0. The summed E-state index contributed by atoms with van der Waals surface area (Å²) >= 11 is 0. The predicted molar refractivity (Wildman–Crippen MR) is 0 cm³/mol. The molecule has 0 bridgehead atoms. The largest absolute Gasteiger partial charge is 0 e. The van der Waals surface area contributed by atoms with Crippen molar-refractivity contribution >= 4 is 0 Å². The van der Waals surface area contributed by atoms with Crippen molar-refractivity contribution in [2.75, 3.05) is 0 Å². The second-order valence-corrected chi connectivity index (χ2v) is 0. The van der Waals surface area contributed by atoms with Crippen LogP contribution in [0, 0.1) is 0 Å². The van der Waals surface area contributed by atoms with Gasteiger partial charge in [-0.1, -0.05) is 0 Å². The van der Waals surface area contributed by atoms with E-state index in [1.807, 2.05) is 0 Å². The molecule has 4 heteroatoms. The molecule has 4 heavy (non-hydrogen) atoms. The Morgan fingerprint density at radius 3 is 1.00 bits per heavy atom. The van der Waals surface area contributed by atoms with E-state index in [1.165, 1.54) is 0 Å². The average Bonchev–Trinajstić information content (AvgIpc) is 0. The van der Waals surface area contributed by atoms with Gasteiger partial charge in [0.25, 0.3) is 0 Å². The van der Waals surface area contributed by atoms with E-state index in [2.05, 4.69) is 0 Å². The third kappa shape index (κ3) is 8.82. The van der Waals surface area contributed by atoms with E-state index < -0.39 is 0 Å². The van der Waals surface area contributed by atoms with Crippen molar-refractivity contribution in [1.82, 2.24) is 0 Å².